The average Bonchev–Trinajstić information content (AvgIpc) is 4.10. The molecular weight excluding hydrogens is 780 g/mol. The van der Waals surface area contributed by atoms with Crippen LogP contribution in [0.25, 0.3) is 0 Å². The Hall–Kier alpha value is -6.06. The van der Waals surface area contributed by atoms with Crippen molar-refractivity contribution >= 4 is 11.9 Å². The van der Waals surface area contributed by atoms with E-state index in [0.717, 1.165) is 45.6 Å². The van der Waals surface area contributed by atoms with Crippen molar-refractivity contribution in [1.82, 2.24) is 0 Å². The normalized spacial score (nSPS) is 23.5. The quantitative estimate of drug-likeness (QED) is 0.220. The van der Waals surface area contributed by atoms with Crippen molar-refractivity contribution in [1.29, 1.82) is 0 Å². The van der Waals surface area contributed by atoms with Gasteiger partial charge in [-0.2, -0.15) is 0 Å². The van der Waals surface area contributed by atoms with Crippen LogP contribution in [-0.2, 0) is 45.1 Å². The zero-order valence-corrected chi connectivity index (χ0v) is 33.9. The molecule has 6 atom stereocenters. The number of esters is 2. The molecule has 4 aromatic rings. The molecule has 0 aromatic heterocycles. The Kier molecular flexibility index (Phi) is 10.4. The van der Waals surface area contributed by atoms with E-state index in [1.165, 1.54) is 14.2 Å². The molecule has 15 heteroatoms. The van der Waals surface area contributed by atoms with E-state index in [4.69, 9.17) is 52.1 Å². The zero-order valence-electron chi connectivity index (χ0n) is 33.9. The largest absolute Gasteiger partial charge is 0.493 e. The summed E-state index contributed by atoms with van der Waals surface area (Å²) in [5.41, 5.74) is 6.95. The molecule has 4 aromatic carbocycles. The van der Waals surface area contributed by atoms with Gasteiger partial charge in [0.25, 0.3) is 0 Å². The highest BCUT2D eigenvalue weighted by molar-refractivity contribution is 5.80. The number of carbonyl (C=O) groups is 2. The molecule has 2 fully saturated rings. The Morgan fingerprint density at radius 2 is 1.05 bits per heavy atom. The molecule has 0 saturated carbocycles. The van der Waals surface area contributed by atoms with E-state index >= 15 is 0 Å². The first-order chi connectivity index (χ1) is 29.2. The van der Waals surface area contributed by atoms with Crippen LogP contribution in [0.5, 0.6) is 51.7 Å². The first kappa shape index (κ1) is 39.4. The average molecular weight is 827 g/mol. The van der Waals surface area contributed by atoms with Crippen molar-refractivity contribution in [2.45, 2.75) is 37.9 Å². The highest BCUT2D eigenvalue weighted by Gasteiger charge is 2.50. The van der Waals surface area contributed by atoms with E-state index in [1.54, 1.807) is 21.3 Å². The number of carbonyl (C=O) groups excluding carboxylic acids is 2. The van der Waals surface area contributed by atoms with Crippen molar-refractivity contribution in [2.75, 3.05) is 62.3 Å². The number of cyclic esters (lactones) is 2. The molecule has 10 rings (SSSR count). The number of aliphatic hydroxyl groups excluding tert-OH is 2. The minimum Gasteiger partial charge on any atom is -0.493 e. The fourth-order valence-corrected chi connectivity index (χ4v) is 10.0. The van der Waals surface area contributed by atoms with Crippen LogP contribution in [0.2, 0.25) is 0 Å². The Morgan fingerprint density at radius 1 is 0.550 bits per heavy atom. The lowest BCUT2D eigenvalue weighted by molar-refractivity contribution is -0.142. The van der Waals surface area contributed by atoms with Gasteiger partial charge >= 0.3 is 11.9 Å². The van der Waals surface area contributed by atoms with Gasteiger partial charge in [0.15, 0.2) is 46.0 Å². The van der Waals surface area contributed by atoms with Gasteiger partial charge in [0, 0.05) is 40.4 Å². The third kappa shape index (κ3) is 6.33. The van der Waals surface area contributed by atoms with Gasteiger partial charge in [0.05, 0.1) is 73.8 Å². The molecule has 6 aliphatic rings. The van der Waals surface area contributed by atoms with Gasteiger partial charge in [-0.05, 0) is 83.1 Å². The predicted molar refractivity (Wildman–Crippen MR) is 210 cm³/mol. The molecule has 0 spiro atoms. The summed E-state index contributed by atoms with van der Waals surface area (Å²) in [4.78, 5) is 25.5. The van der Waals surface area contributed by atoms with Crippen LogP contribution in [0.15, 0.2) is 42.5 Å². The highest BCUT2D eigenvalue weighted by Crippen LogP contribution is 2.56. The zero-order chi connectivity index (χ0) is 41.8. The van der Waals surface area contributed by atoms with Gasteiger partial charge in [-0.15, -0.1) is 0 Å². The SMILES string of the molecule is COc1cc([C@@H]2c3cc4c(c(OC)c3C[C@H]3COC(=O)[C@@H]32)OCO4)cc(CO)c1OC.COc1cc([C@@H]2c3cc4c(cc3C[C@H]3COC(=O)[C@@H]32)OCO4)cc(CO)c1OC. The maximum absolute atomic E-state index is 12.8. The van der Waals surface area contributed by atoms with Crippen molar-refractivity contribution < 1.29 is 71.9 Å². The minimum atomic E-state index is -0.359. The van der Waals surface area contributed by atoms with Crippen LogP contribution in [0, 0.1) is 23.7 Å². The van der Waals surface area contributed by atoms with E-state index in [-0.39, 0.29) is 74.2 Å². The van der Waals surface area contributed by atoms with Gasteiger partial charge in [-0.25, -0.2) is 0 Å². The number of hydrogen-bond acceptors (Lipinski definition) is 15. The van der Waals surface area contributed by atoms with Gasteiger partial charge in [0.2, 0.25) is 19.3 Å². The molecular formula is C45H46O15. The maximum Gasteiger partial charge on any atom is 0.310 e. The Bertz CT molecular complexity index is 2310. The number of fused-ring (bicyclic) bond motifs is 6. The monoisotopic (exact) mass is 826 g/mol. The van der Waals surface area contributed by atoms with Crippen molar-refractivity contribution in [3.05, 3.63) is 87.0 Å². The van der Waals surface area contributed by atoms with Crippen LogP contribution < -0.4 is 42.6 Å². The fourth-order valence-electron chi connectivity index (χ4n) is 10.0. The highest BCUT2D eigenvalue weighted by atomic mass is 16.7. The lowest BCUT2D eigenvalue weighted by Gasteiger charge is -2.34. The molecule has 60 heavy (non-hydrogen) atoms. The van der Waals surface area contributed by atoms with Crippen LogP contribution in [0.4, 0.5) is 0 Å². The van der Waals surface area contributed by atoms with Crippen molar-refractivity contribution in [3.63, 3.8) is 0 Å². The minimum absolute atomic E-state index is 0.00458. The Labute approximate surface area is 345 Å². The van der Waals surface area contributed by atoms with Crippen LogP contribution >= 0.6 is 0 Å². The fraction of sp³-hybridized carbons (Fsp3) is 0.422. The number of ether oxygens (including phenoxy) is 11. The molecule has 0 amide bonds. The molecule has 2 aliphatic carbocycles. The summed E-state index contributed by atoms with van der Waals surface area (Å²) in [6.45, 7) is 0.662. The molecule has 0 unspecified atom stereocenters. The number of aliphatic hydroxyl groups is 2. The lowest BCUT2D eigenvalue weighted by atomic mass is 9.67. The number of rotatable bonds is 9. The van der Waals surface area contributed by atoms with Crippen molar-refractivity contribution in [3.8, 4) is 51.7 Å². The summed E-state index contributed by atoms with van der Waals surface area (Å²) in [5, 5.41) is 19.8. The molecule has 316 valence electrons. The second-order valence-corrected chi connectivity index (χ2v) is 15.5. The summed E-state index contributed by atoms with van der Waals surface area (Å²) >= 11 is 0. The summed E-state index contributed by atoms with van der Waals surface area (Å²) in [7, 11) is 7.78. The van der Waals surface area contributed by atoms with Crippen LogP contribution in [0.1, 0.15) is 56.3 Å². The maximum atomic E-state index is 12.8. The molecule has 0 radical (unpaired) electrons. The van der Waals surface area contributed by atoms with Crippen LogP contribution in [0.3, 0.4) is 0 Å². The standard InChI is InChI=1S/C23H24O8.C22H22O7/c1-26-16-6-11(4-12(8-24)20(16)27-2)18-14-7-17-22(31-10-30-17)21(28-3)15(14)5-13-9-29-23(25)19(13)18;1-25-18-6-12(4-13(8-23)21(18)26-2)19-15-7-17-16(28-10-29-17)5-11(15)3-14-9-27-22(24)20(14)19/h4,6-7,13,18-19,24H,5,8-10H2,1-3H3;4-7,14,19-20,23H,3,8-10H2,1-2H3/t13-,18+,19-;14-,19+,20-/m00/s1. The first-order valence-electron chi connectivity index (χ1n) is 19.7. The first-order valence-corrected chi connectivity index (χ1v) is 19.7. The van der Waals surface area contributed by atoms with Crippen molar-refractivity contribution in [2.24, 2.45) is 23.7 Å². The number of methoxy groups -OCH3 is 5. The third-order valence-electron chi connectivity index (χ3n) is 12.6. The van der Waals surface area contributed by atoms with Gasteiger partial charge in [0.1, 0.15) is 0 Å². The van der Waals surface area contributed by atoms with Crippen LogP contribution in [-0.4, -0.2) is 84.5 Å². The summed E-state index contributed by atoms with van der Waals surface area (Å²) < 4.78 is 61.0. The Balaban J connectivity index is 0.000000154. The topological polar surface area (TPSA) is 176 Å². The van der Waals surface area contributed by atoms with E-state index < -0.39 is 0 Å². The second-order valence-electron chi connectivity index (χ2n) is 15.5. The molecule has 4 aliphatic heterocycles. The molecule has 15 nitrogen and oxygen atoms in total. The van der Waals surface area contributed by atoms with E-state index in [9.17, 15) is 19.8 Å². The predicted octanol–water partition coefficient (Wildman–Crippen LogP) is 4.81. The van der Waals surface area contributed by atoms with Gasteiger partial charge in [-0.3, -0.25) is 9.59 Å². The third-order valence-corrected chi connectivity index (χ3v) is 12.6. The molecule has 2 N–H and O–H groups in total. The molecule has 0 bridgehead atoms. The smallest absolute Gasteiger partial charge is 0.310 e. The van der Waals surface area contributed by atoms with E-state index in [2.05, 4.69) is 0 Å². The Morgan fingerprint density at radius 3 is 1.60 bits per heavy atom. The van der Waals surface area contributed by atoms with E-state index in [1.807, 2.05) is 42.5 Å². The number of benzene rings is 4. The summed E-state index contributed by atoms with van der Waals surface area (Å²) in [6, 6.07) is 13.4. The van der Waals surface area contributed by atoms with Gasteiger partial charge < -0.3 is 62.3 Å². The second kappa shape index (κ2) is 15.8. The number of hydrogen-bond donors (Lipinski definition) is 2. The molecule has 2 saturated heterocycles. The lowest BCUT2D eigenvalue weighted by Crippen LogP contribution is -2.32. The van der Waals surface area contributed by atoms with E-state index in [0.29, 0.717) is 76.8 Å². The van der Waals surface area contributed by atoms with Gasteiger partial charge in [-0.1, -0.05) is 0 Å². The molecule has 4 heterocycles. The summed E-state index contributed by atoms with van der Waals surface area (Å²) in [6.07, 6.45) is 1.39. The summed E-state index contributed by atoms with van der Waals surface area (Å²) in [5.74, 6) is 3.66.